The molecular weight excluding hydrogens is 372 g/mol. The third-order valence-corrected chi connectivity index (χ3v) is 6.96. The molecule has 3 heteroatoms. The van der Waals surface area contributed by atoms with Crippen molar-refractivity contribution in [1.82, 2.24) is 0 Å². The molecule has 30 heavy (non-hydrogen) atoms. The van der Waals surface area contributed by atoms with Crippen molar-refractivity contribution in [3.63, 3.8) is 0 Å². The van der Waals surface area contributed by atoms with Crippen LogP contribution in [0.25, 0.3) is 6.08 Å². The predicted octanol–water partition coefficient (Wildman–Crippen LogP) is 6.19. The number of Topliss-reactive ketones (excluding diaryl/α,β-unsaturated/α-hetero) is 2. The molecule has 1 aliphatic carbocycles. The van der Waals surface area contributed by atoms with Crippen LogP contribution in [0.4, 0.5) is 0 Å². The number of ketones is 2. The Balaban J connectivity index is 1.40. The number of unbranched alkanes of at least 4 members (excludes halogenated alkanes) is 1. The number of benzene rings is 1. The molecule has 0 radical (unpaired) electrons. The molecule has 1 aliphatic heterocycles. The predicted molar refractivity (Wildman–Crippen MR) is 122 cm³/mol. The number of hydrogen-bond donors (Lipinski definition) is 0. The molecule has 3 nitrogen and oxygen atoms in total. The average molecular weight is 411 g/mol. The molecule has 1 saturated heterocycles. The van der Waals surface area contributed by atoms with Crippen LogP contribution in [0.5, 0.6) is 0 Å². The van der Waals surface area contributed by atoms with Crippen molar-refractivity contribution >= 4 is 17.6 Å². The van der Waals surface area contributed by atoms with E-state index in [-0.39, 0.29) is 11.6 Å². The summed E-state index contributed by atoms with van der Waals surface area (Å²) in [5.41, 5.74) is 2.99. The molecule has 3 rings (SSSR count). The van der Waals surface area contributed by atoms with Crippen molar-refractivity contribution in [3.05, 3.63) is 41.0 Å². The molecular formula is C27H38O3. The van der Waals surface area contributed by atoms with Crippen LogP contribution in [0.1, 0.15) is 82.8 Å². The molecule has 0 bridgehead atoms. The lowest BCUT2D eigenvalue weighted by atomic mass is 9.89. The van der Waals surface area contributed by atoms with Crippen LogP contribution in [0.15, 0.2) is 29.8 Å². The van der Waals surface area contributed by atoms with Gasteiger partial charge in [0.25, 0.3) is 0 Å². The average Bonchev–Trinajstić information content (AvgIpc) is 3.03. The standard InChI is InChI=1S/C27H38O3/c1-3-21-9-11-23(12-10-21)18-24-19-26(28)25(27(24)29)13-8-20(2)6-4-5-7-22-14-16-30-17-15-22/h9-12,18,20,22,25H,3-8,13-17,19H2,1-2H3/b24-18-. The summed E-state index contributed by atoms with van der Waals surface area (Å²) >= 11 is 0. The minimum atomic E-state index is -0.407. The summed E-state index contributed by atoms with van der Waals surface area (Å²) < 4.78 is 5.43. The Labute approximate surface area is 182 Å². The van der Waals surface area contributed by atoms with E-state index in [9.17, 15) is 9.59 Å². The first kappa shape index (κ1) is 22.9. The highest BCUT2D eigenvalue weighted by atomic mass is 16.5. The molecule has 1 saturated carbocycles. The van der Waals surface area contributed by atoms with Gasteiger partial charge in [0.05, 0.1) is 5.92 Å². The van der Waals surface area contributed by atoms with Crippen molar-refractivity contribution < 1.29 is 14.3 Å². The Kier molecular flexibility index (Phi) is 8.87. The van der Waals surface area contributed by atoms with Gasteiger partial charge in [0, 0.05) is 25.2 Å². The highest BCUT2D eigenvalue weighted by Gasteiger charge is 2.36. The van der Waals surface area contributed by atoms with Crippen molar-refractivity contribution in [2.24, 2.45) is 17.8 Å². The van der Waals surface area contributed by atoms with E-state index in [0.29, 0.717) is 24.3 Å². The van der Waals surface area contributed by atoms with E-state index in [0.717, 1.165) is 37.5 Å². The van der Waals surface area contributed by atoms with Crippen molar-refractivity contribution in [3.8, 4) is 0 Å². The third kappa shape index (κ3) is 6.63. The molecule has 2 aliphatic rings. The monoisotopic (exact) mass is 410 g/mol. The van der Waals surface area contributed by atoms with Crippen LogP contribution in [-0.4, -0.2) is 24.8 Å². The lowest BCUT2D eigenvalue weighted by Crippen LogP contribution is -2.16. The normalized spacial score (nSPS) is 22.7. The van der Waals surface area contributed by atoms with Crippen LogP contribution >= 0.6 is 0 Å². The quantitative estimate of drug-likeness (QED) is 0.262. The molecule has 1 aromatic rings. The fourth-order valence-corrected chi connectivity index (χ4v) is 4.79. The third-order valence-electron chi connectivity index (χ3n) is 6.96. The van der Waals surface area contributed by atoms with Crippen LogP contribution in [0.3, 0.4) is 0 Å². The topological polar surface area (TPSA) is 43.4 Å². The van der Waals surface area contributed by atoms with E-state index < -0.39 is 5.92 Å². The Morgan fingerprint density at radius 2 is 1.77 bits per heavy atom. The molecule has 2 unspecified atom stereocenters. The van der Waals surface area contributed by atoms with Crippen molar-refractivity contribution in [2.45, 2.75) is 78.1 Å². The highest BCUT2D eigenvalue weighted by molar-refractivity contribution is 6.20. The molecule has 164 valence electrons. The Bertz CT molecular complexity index is 725. The molecule has 0 amide bonds. The summed E-state index contributed by atoms with van der Waals surface area (Å²) in [6.07, 6.45) is 12.4. The number of carbonyl (C=O) groups excluding carboxylic acids is 2. The van der Waals surface area contributed by atoms with Gasteiger partial charge in [-0.1, -0.05) is 63.8 Å². The van der Waals surface area contributed by atoms with Crippen LogP contribution < -0.4 is 0 Å². The zero-order valence-electron chi connectivity index (χ0n) is 18.8. The van der Waals surface area contributed by atoms with E-state index in [1.54, 1.807) is 0 Å². The maximum absolute atomic E-state index is 12.8. The number of aryl methyl sites for hydroxylation is 1. The molecule has 2 atom stereocenters. The maximum Gasteiger partial charge on any atom is 0.169 e. The second-order valence-electron chi connectivity index (χ2n) is 9.35. The minimum Gasteiger partial charge on any atom is -0.381 e. The number of ether oxygens (including phenoxy) is 1. The van der Waals surface area contributed by atoms with Gasteiger partial charge in [0.2, 0.25) is 0 Å². The second kappa shape index (κ2) is 11.6. The summed E-state index contributed by atoms with van der Waals surface area (Å²) in [4.78, 5) is 25.3. The largest absolute Gasteiger partial charge is 0.381 e. The van der Waals surface area contributed by atoms with Gasteiger partial charge < -0.3 is 4.74 Å². The molecule has 0 aromatic heterocycles. The Morgan fingerprint density at radius 1 is 1.03 bits per heavy atom. The first-order chi connectivity index (χ1) is 14.6. The first-order valence-electron chi connectivity index (χ1n) is 12.0. The maximum atomic E-state index is 12.8. The minimum absolute atomic E-state index is 0.0614. The number of allylic oxidation sites excluding steroid dienone is 1. The second-order valence-corrected chi connectivity index (χ2v) is 9.35. The van der Waals surface area contributed by atoms with Gasteiger partial charge in [0.1, 0.15) is 5.78 Å². The summed E-state index contributed by atoms with van der Waals surface area (Å²) in [7, 11) is 0. The van der Waals surface area contributed by atoms with Gasteiger partial charge in [-0.15, -0.1) is 0 Å². The zero-order valence-corrected chi connectivity index (χ0v) is 18.8. The summed E-state index contributed by atoms with van der Waals surface area (Å²) in [5.74, 6) is 1.20. The van der Waals surface area contributed by atoms with Crippen molar-refractivity contribution in [2.75, 3.05) is 13.2 Å². The van der Waals surface area contributed by atoms with E-state index >= 15 is 0 Å². The fourth-order valence-electron chi connectivity index (χ4n) is 4.79. The van der Waals surface area contributed by atoms with E-state index in [2.05, 4.69) is 26.0 Å². The summed E-state index contributed by atoms with van der Waals surface area (Å²) in [6.45, 7) is 6.27. The number of hydrogen-bond acceptors (Lipinski definition) is 3. The molecule has 1 heterocycles. The van der Waals surface area contributed by atoms with Crippen molar-refractivity contribution in [1.29, 1.82) is 0 Å². The molecule has 0 N–H and O–H groups in total. The number of carbonyl (C=O) groups is 2. The van der Waals surface area contributed by atoms with Gasteiger partial charge in [-0.3, -0.25) is 9.59 Å². The fraction of sp³-hybridized carbons (Fsp3) is 0.630. The van der Waals surface area contributed by atoms with Gasteiger partial charge in [-0.05, 0) is 61.1 Å². The SMILES string of the molecule is CCc1ccc(/C=C2/CC(=O)C(CCC(C)CCCCC3CCOCC3)C2=O)cc1. The van der Waals surface area contributed by atoms with Gasteiger partial charge in [0.15, 0.2) is 5.78 Å². The van der Waals surface area contributed by atoms with Crippen LogP contribution in [-0.2, 0) is 20.7 Å². The highest BCUT2D eigenvalue weighted by Crippen LogP contribution is 2.31. The lowest BCUT2D eigenvalue weighted by molar-refractivity contribution is -0.126. The van der Waals surface area contributed by atoms with Gasteiger partial charge >= 0.3 is 0 Å². The van der Waals surface area contributed by atoms with E-state index in [1.165, 1.54) is 44.1 Å². The van der Waals surface area contributed by atoms with Gasteiger partial charge in [-0.25, -0.2) is 0 Å². The molecule has 1 aromatic carbocycles. The van der Waals surface area contributed by atoms with E-state index in [4.69, 9.17) is 4.74 Å². The van der Waals surface area contributed by atoms with E-state index in [1.807, 2.05) is 18.2 Å². The Hall–Kier alpha value is -1.74. The summed E-state index contributed by atoms with van der Waals surface area (Å²) in [6, 6.07) is 8.27. The zero-order chi connectivity index (χ0) is 21.3. The molecule has 2 fully saturated rings. The lowest BCUT2D eigenvalue weighted by Gasteiger charge is -2.22. The first-order valence-corrected chi connectivity index (χ1v) is 12.0. The number of rotatable bonds is 10. The Morgan fingerprint density at radius 3 is 2.47 bits per heavy atom. The smallest absolute Gasteiger partial charge is 0.169 e. The van der Waals surface area contributed by atoms with Crippen LogP contribution in [0.2, 0.25) is 0 Å². The van der Waals surface area contributed by atoms with Crippen LogP contribution in [0, 0.1) is 17.8 Å². The summed E-state index contributed by atoms with van der Waals surface area (Å²) in [5, 5.41) is 0. The van der Waals surface area contributed by atoms with Gasteiger partial charge in [-0.2, -0.15) is 0 Å². The molecule has 0 spiro atoms.